The van der Waals surface area contributed by atoms with E-state index in [4.69, 9.17) is 4.99 Å². The monoisotopic (exact) mass is 347 g/mol. The van der Waals surface area contributed by atoms with Crippen LogP contribution in [-0.2, 0) is 20.0 Å². The third-order valence-corrected chi connectivity index (χ3v) is 4.17. The molecule has 5 nitrogen and oxygen atoms in total. The topological polar surface area (TPSA) is 54.2 Å². The minimum atomic E-state index is 0.633. The van der Waals surface area contributed by atoms with Crippen LogP contribution >= 0.6 is 0 Å². The number of aliphatic imine (C=N–C) groups is 1. The Balaban J connectivity index is 1.65. The molecule has 1 heterocycles. The third-order valence-electron chi connectivity index (χ3n) is 4.17. The van der Waals surface area contributed by atoms with Gasteiger partial charge in [-0.25, -0.2) is 4.99 Å². The van der Waals surface area contributed by atoms with Gasteiger partial charge in [-0.05, 0) is 30.7 Å². The number of rotatable bonds is 6. The van der Waals surface area contributed by atoms with Gasteiger partial charge in [0.05, 0.1) is 6.54 Å². The summed E-state index contributed by atoms with van der Waals surface area (Å²) in [5.74, 6) is 0.777. The highest BCUT2D eigenvalue weighted by Gasteiger charge is 2.02. The molecule has 134 valence electrons. The van der Waals surface area contributed by atoms with Crippen molar-refractivity contribution in [1.29, 1.82) is 0 Å². The van der Waals surface area contributed by atoms with E-state index < -0.39 is 0 Å². The molecule has 0 fully saturated rings. The Morgan fingerprint density at radius 2 is 1.81 bits per heavy atom. The molecule has 1 aromatic heterocycles. The molecule has 3 aromatic rings. The van der Waals surface area contributed by atoms with Gasteiger partial charge in [0, 0.05) is 37.6 Å². The van der Waals surface area contributed by atoms with E-state index in [-0.39, 0.29) is 0 Å². The molecular formula is C21H25N5. The van der Waals surface area contributed by atoms with Gasteiger partial charge in [-0.1, -0.05) is 48.0 Å². The molecule has 0 aliphatic rings. The lowest BCUT2D eigenvalue weighted by molar-refractivity contribution is 0.694. The molecule has 2 aromatic carbocycles. The molecule has 0 saturated carbocycles. The van der Waals surface area contributed by atoms with E-state index in [1.54, 1.807) is 0 Å². The van der Waals surface area contributed by atoms with Gasteiger partial charge in [0.1, 0.15) is 0 Å². The van der Waals surface area contributed by atoms with Crippen molar-refractivity contribution in [2.75, 3.05) is 11.9 Å². The second-order valence-corrected chi connectivity index (χ2v) is 6.26. The Labute approximate surface area is 154 Å². The van der Waals surface area contributed by atoms with Crippen LogP contribution in [0.2, 0.25) is 0 Å². The fourth-order valence-corrected chi connectivity index (χ4v) is 2.62. The van der Waals surface area contributed by atoms with Crippen molar-refractivity contribution in [3.8, 4) is 0 Å². The summed E-state index contributed by atoms with van der Waals surface area (Å²) in [4.78, 5) is 4.73. The van der Waals surface area contributed by atoms with Crippen molar-refractivity contribution in [3.05, 3.63) is 83.7 Å². The van der Waals surface area contributed by atoms with Gasteiger partial charge in [0.25, 0.3) is 0 Å². The number of benzene rings is 2. The molecule has 0 saturated heterocycles. The maximum Gasteiger partial charge on any atom is 0.196 e. The number of hydrogen-bond acceptors (Lipinski definition) is 2. The van der Waals surface area contributed by atoms with Gasteiger partial charge in [-0.15, -0.1) is 0 Å². The average molecular weight is 347 g/mol. The highest BCUT2D eigenvalue weighted by atomic mass is 15.3. The molecule has 3 rings (SSSR count). The maximum atomic E-state index is 4.73. The second-order valence-electron chi connectivity index (χ2n) is 6.26. The van der Waals surface area contributed by atoms with Gasteiger partial charge in [-0.2, -0.15) is 5.10 Å². The number of anilines is 1. The highest BCUT2D eigenvalue weighted by Crippen LogP contribution is 2.07. The first kappa shape index (κ1) is 17.7. The maximum absolute atomic E-state index is 4.73. The zero-order valence-corrected chi connectivity index (χ0v) is 15.3. The normalized spacial score (nSPS) is 11.4. The van der Waals surface area contributed by atoms with E-state index in [1.165, 1.54) is 16.8 Å². The van der Waals surface area contributed by atoms with Crippen molar-refractivity contribution in [2.24, 2.45) is 12.0 Å². The highest BCUT2D eigenvalue weighted by molar-refractivity contribution is 5.93. The summed E-state index contributed by atoms with van der Waals surface area (Å²) in [7, 11) is 1.96. The minimum Gasteiger partial charge on any atom is -0.356 e. The average Bonchev–Trinajstić information content (AvgIpc) is 3.07. The van der Waals surface area contributed by atoms with Crippen LogP contribution in [0.3, 0.4) is 0 Å². The summed E-state index contributed by atoms with van der Waals surface area (Å²) < 4.78 is 1.90. The molecule has 0 radical (unpaired) electrons. The number of nitrogens with one attached hydrogen (secondary N) is 2. The summed E-state index contributed by atoms with van der Waals surface area (Å²) in [6.07, 6.45) is 2.71. The Bertz CT molecular complexity index is 834. The minimum absolute atomic E-state index is 0.633. The van der Waals surface area contributed by atoms with E-state index in [0.717, 1.165) is 24.6 Å². The molecule has 0 atom stereocenters. The quantitative estimate of drug-likeness (QED) is 0.530. The molecule has 0 aliphatic heterocycles. The van der Waals surface area contributed by atoms with Crippen LogP contribution in [0.4, 0.5) is 5.69 Å². The van der Waals surface area contributed by atoms with Crippen LogP contribution in [0, 0.1) is 6.92 Å². The molecule has 0 amide bonds. The van der Waals surface area contributed by atoms with Crippen molar-refractivity contribution >= 4 is 11.6 Å². The van der Waals surface area contributed by atoms with E-state index in [9.17, 15) is 0 Å². The van der Waals surface area contributed by atoms with Gasteiger partial charge in [0.2, 0.25) is 0 Å². The Hall–Kier alpha value is -3.08. The molecule has 0 aliphatic carbocycles. The number of guanidine groups is 1. The van der Waals surface area contributed by atoms with Crippen molar-refractivity contribution in [3.63, 3.8) is 0 Å². The van der Waals surface area contributed by atoms with Gasteiger partial charge in [-0.3, -0.25) is 4.68 Å². The molecular weight excluding hydrogens is 322 g/mol. The predicted molar refractivity (Wildman–Crippen MR) is 107 cm³/mol. The van der Waals surface area contributed by atoms with Crippen LogP contribution in [-0.4, -0.2) is 22.3 Å². The second kappa shape index (κ2) is 8.85. The first-order valence-electron chi connectivity index (χ1n) is 8.83. The van der Waals surface area contributed by atoms with Crippen molar-refractivity contribution in [1.82, 2.24) is 15.1 Å². The van der Waals surface area contributed by atoms with Crippen LogP contribution in [0.5, 0.6) is 0 Å². The lowest BCUT2D eigenvalue weighted by Gasteiger charge is -2.13. The van der Waals surface area contributed by atoms with Crippen LogP contribution in [0.1, 0.15) is 16.8 Å². The van der Waals surface area contributed by atoms with Crippen molar-refractivity contribution in [2.45, 2.75) is 19.9 Å². The van der Waals surface area contributed by atoms with E-state index in [0.29, 0.717) is 6.54 Å². The fraction of sp³-hybridized carbons (Fsp3) is 0.238. The van der Waals surface area contributed by atoms with Gasteiger partial charge < -0.3 is 10.6 Å². The van der Waals surface area contributed by atoms with E-state index in [1.807, 2.05) is 54.3 Å². The number of para-hydroxylation sites is 1. The summed E-state index contributed by atoms with van der Waals surface area (Å²) in [5, 5.41) is 11.0. The largest absolute Gasteiger partial charge is 0.356 e. The Morgan fingerprint density at radius 1 is 1.04 bits per heavy atom. The van der Waals surface area contributed by atoms with Crippen LogP contribution in [0.25, 0.3) is 0 Å². The van der Waals surface area contributed by atoms with E-state index in [2.05, 4.69) is 46.9 Å². The Morgan fingerprint density at radius 3 is 2.50 bits per heavy atom. The molecule has 26 heavy (non-hydrogen) atoms. The van der Waals surface area contributed by atoms with E-state index >= 15 is 0 Å². The smallest absolute Gasteiger partial charge is 0.196 e. The number of aromatic nitrogens is 2. The lowest BCUT2D eigenvalue weighted by Crippen LogP contribution is -2.32. The fourth-order valence-electron chi connectivity index (χ4n) is 2.62. The Kier molecular flexibility index (Phi) is 6.04. The zero-order valence-electron chi connectivity index (χ0n) is 15.3. The number of nitrogens with zero attached hydrogens (tertiary/aromatic N) is 3. The number of hydrogen-bond donors (Lipinski definition) is 2. The third kappa shape index (κ3) is 5.21. The number of aryl methyl sites for hydroxylation is 2. The molecule has 2 N–H and O–H groups in total. The molecule has 0 spiro atoms. The van der Waals surface area contributed by atoms with Crippen LogP contribution in [0.15, 0.2) is 71.9 Å². The van der Waals surface area contributed by atoms with Gasteiger partial charge >= 0.3 is 0 Å². The van der Waals surface area contributed by atoms with Gasteiger partial charge in [0.15, 0.2) is 5.96 Å². The zero-order chi connectivity index (χ0) is 18.2. The first-order valence-corrected chi connectivity index (χ1v) is 8.83. The summed E-state index contributed by atoms with van der Waals surface area (Å²) in [6.45, 7) is 3.51. The van der Waals surface area contributed by atoms with Crippen molar-refractivity contribution < 1.29 is 0 Å². The van der Waals surface area contributed by atoms with Crippen LogP contribution < -0.4 is 10.6 Å². The lowest BCUT2D eigenvalue weighted by atomic mass is 10.1. The molecule has 0 unspecified atom stereocenters. The standard InChI is InChI=1S/C21H25N5/c1-17-8-10-18(11-9-17)16-23-21(25-19-6-4-3-5-7-19)22-14-12-20-13-15-24-26(20)2/h3-11,13,15H,12,14,16H2,1-2H3,(H2,22,23,25). The SMILES string of the molecule is Cc1ccc(CN=C(NCCc2ccnn2C)Nc2ccccc2)cc1. The summed E-state index contributed by atoms with van der Waals surface area (Å²) >= 11 is 0. The molecule has 5 heteroatoms. The summed E-state index contributed by atoms with van der Waals surface area (Å²) in [6, 6.07) is 20.6. The summed E-state index contributed by atoms with van der Waals surface area (Å²) in [5.41, 5.74) is 4.66. The first-order chi connectivity index (χ1) is 12.7. The molecule has 0 bridgehead atoms. The predicted octanol–water partition coefficient (Wildman–Crippen LogP) is 3.53.